The van der Waals surface area contributed by atoms with Gasteiger partial charge in [0.2, 0.25) is 5.91 Å². The molecule has 2 rings (SSSR count). The van der Waals surface area contributed by atoms with Gasteiger partial charge in [-0.05, 0) is 42.1 Å². The molecule has 0 saturated carbocycles. The van der Waals surface area contributed by atoms with E-state index in [1.165, 1.54) is 0 Å². The predicted molar refractivity (Wildman–Crippen MR) is 84.1 cm³/mol. The Labute approximate surface area is 125 Å². The van der Waals surface area contributed by atoms with E-state index < -0.39 is 0 Å². The highest BCUT2D eigenvalue weighted by Gasteiger charge is 2.07. The number of thiophene rings is 1. The summed E-state index contributed by atoms with van der Waals surface area (Å²) in [6, 6.07) is 11.9. The van der Waals surface area contributed by atoms with Crippen molar-refractivity contribution in [2.75, 3.05) is 0 Å². The lowest BCUT2D eigenvalue weighted by Gasteiger charge is -2.13. The molecule has 98 valence electrons. The molecule has 0 spiro atoms. The van der Waals surface area contributed by atoms with Crippen molar-refractivity contribution >= 4 is 39.2 Å². The first-order valence-electron chi connectivity index (χ1n) is 5.93. The summed E-state index contributed by atoms with van der Waals surface area (Å²) in [7, 11) is 0. The summed E-state index contributed by atoms with van der Waals surface area (Å²) in [5.41, 5.74) is 1.08. The third kappa shape index (κ3) is 4.33. The second kappa shape index (κ2) is 6.68. The van der Waals surface area contributed by atoms with E-state index in [0.29, 0.717) is 0 Å². The molecule has 0 aliphatic rings. The lowest BCUT2D eigenvalue weighted by Crippen LogP contribution is -2.24. The van der Waals surface area contributed by atoms with Gasteiger partial charge in [0.15, 0.2) is 0 Å². The maximum atomic E-state index is 11.8. The fraction of sp³-hybridized carbons (Fsp3) is 0.133. The number of hydrogen-bond acceptors (Lipinski definition) is 2. The molecule has 0 saturated heterocycles. The van der Waals surface area contributed by atoms with Crippen LogP contribution < -0.4 is 5.32 Å². The molecule has 0 aliphatic carbocycles. The molecule has 1 aromatic carbocycles. The van der Waals surface area contributed by atoms with E-state index in [-0.39, 0.29) is 11.9 Å². The van der Waals surface area contributed by atoms with E-state index in [4.69, 9.17) is 0 Å². The number of carbonyl (C=O) groups excluding carboxylic acids is 1. The molecular formula is C15H14BrNOS. The zero-order chi connectivity index (χ0) is 13.7. The first-order valence-corrected chi connectivity index (χ1v) is 7.60. The van der Waals surface area contributed by atoms with Crippen LogP contribution in [0.3, 0.4) is 0 Å². The van der Waals surface area contributed by atoms with Crippen molar-refractivity contribution in [3.63, 3.8) is 0 Å². The first kappa shape index (κ1) is 14.0. The monoisotopic (exact) mass is 335 g/mol. The van der Waals surface area contributed by atoms with Gasteiger partial charge < -0.3 is 5.32 Å². The Hall–Kier alpha value is -1.39. The third-order valence-electron chi connectivity index (χ3n) is 2.65. The molecule has 1 atom stereocenters. The Morgan fingerprint density at radius 1 is 1.37 bits per heavy atom. The lowest BCUT2D eigenvalue weighted by atomic mass is 10.1. The molecule has 0 bridgehead atoms. The van der Waals surface area contributed by atoms with Crippen LogP contribution in [0.25, 0.3) is 6.08 Å². The Balaban J connectivity index is 1.95. The fourth-order valence-electron chi connectivity index (χ4n) is 1.66. The second-order valence-electron chi connectivity index (χ2n) is 4.13. The highest BCUT2D eigenvalue weighted by Crippen LogP contribution is 2.18. The van der Waals surface area contributed by atoms with Crippen LogP contribution in [-0.4, -0.2) is 5.91 Å². The van der Waals surface area contributed by atoms with Crippen LogP contribution in [-0.2, 0) is 4.79 Å². The molecule has 0 unspecified atom stereocenters. The number of benzene rings is 1. The van der Waals surface area contributed by atoms with E-state index in [1.807, 2.05) is 54.8 Å². The summed E-state index contributed by atoms with van der Waals surface area (Å²) >= 11 is 5.04. The summed E-state index contributed by atoms with van der Waals surface area (Å²) in [5, 5.41) is 4.93. The average molecular weight is 336 g/mol. The van der Waals surface area contributed by atoms with Crippen LogP contribution in [0.1, 0.15) is 23.4 Å². The zero-order valence-corrected chi connectivity index (χ0v) is 12.9. The largest absolute Gasteiger partial charge is 0.346 e. The molecule has 2 nitrogen and oxygen atoms in total. The van der Waals surface area contributed by atoms with E-state index in [1.54, 1.807) is 17.4 Å². The van der Waals surface area contributed by atoms with Gasteiger partial charge in [0, 0.05) is 15.4 Å². The van der Waals surface area contributed by atoms with Crippen LogP contribution in [0, 0.1) is 0 Å². The number of nitrogens with one attached hydrogen (secondary N) is 1. The molecule has 1 N–H and O–H groups in total. The standard InChI is InChI=1S/C15H14BrNOS/c1-11(12-4-2-5-13(16)10-12)17-15(18)8-7-14-6-3-9-19-14/h2-11H,1H3,(H,17,18)/b8-7-/t11-/m1/s1. The van der Waals surface area contributed by atoms with Crippen LogP contribution in [0.15, 0.2) is 52.3 Å². The molecule has 4 heteroatoms. The molecule has 19 heavy (non-hydrogen) atoms. The van der Waals surface area contributed by atoms with Crippen molar-refractivity contribution in [3.05, 3.63) is 62.8 Å². The number of halogens is 1. The van der Waals surface area contributed by atoms with Crippen molar-refractivity contribution < 1.29 is 4.79 Å². The van der Waals surface area contributed by atoms with Gasteiger partial charge >= 0.3 is 0 Å². The molecule has 1 heterocycles. The number of rotatable bonds is 4. The van der Waals surface area contributed by atoms with Gasteiger partial charge in [-0.2, -0.15) is 0 Å². The predicted octanol–water partition coefficient (Wildman–Crippen LogP) is 4.40. The maximum Gasteiger partial charge on any atom is 0.244 e. The summed E-state index contributed by atoms with van der Waals surface area (Å²) in [6.07, 6.45) is 3.40. The van der Waals surface area contributed by atoms with Crippen molar-refractivity contribution in [1.29, 1.82) is 0 Å². The van der Waals surface area contributed by atoms with Gasteiger partial charge in [0.25, 0.3) is 0 Å². The highest BCUT2D eigenvalue weighted by atomic mass is 79.9. The minimum atomic E-state index is -0.0825. The minimum Gasteiger partial charge on any atom is -0.346 e. The number of amides is 1. The second-order valence-corrected chi connectivity index (χ2v) is 6.03. The Morgan fingerprint density at radius 3 is 2.89 bits per heavy atom. The Kier molecular flexibility index (Phi) is 4.93. The Morgan fingerprint density at radius 2 is 2.21 bits per heavy atom. The molecule has 0 aliphatic heterocycles. The van der Waals surface area contributed by atoms with Crippen molar-refractivity contribution in [2.24, 2.45) is 0 Å². The van der Waals surface area contributed by atoms with Gasteiger partial charge in [0.05, 0.1) is 6.04 Å². The van der Waals surface area contributed by atoms with Gasteiger partial charge in [0.1, 0.15) is 0 Å². The summed E-state index contributed by atoms with van der Waals surface area (Å²) < 4.78 is 1.01. The molecule has 1 aromatic heterocycles. The van der Waals surface area contributed by atoms with Gasteiger partial charge in [-0.25, -0.2) is 0 Å². The van der Waals surface area contributed by atoms with Crippen molar-refractivity contribution in [3.8, 4) is 0 Å². The quantitative estimate of drug-likeness (QED) is 0.824. The molecular weight excluding hydrogens is 322 g/mol. The SMILES string of the molecule is C[C@@H](NC(=O)/C=C\c1cccs1)c1cccc(Br)c1. The number of hydrogen-bond donors (Lipinski definition) is 1. The van der Waals surface area contributed by atoms with Gasteiger partial charge in [-0.1, -0.05) is 34.1 Å². The van der Waals surface area contributed by atoms with Crippen LogP contribution in [0.2, 0.25) is 0 Å². The molecule has 1 amide bonds. The summed E-state index contributed by atoms with van der Waals surface area (Å²) in [4.78, 5) is 12.9. The topological polar surface area (TPSA) is 29.1 Å². The fourth-order valence-corrected chi connectivity index (χ4v) is 2.70. The van der Waals surface area contributed by atoms with Crippen LogP contribution >= 0.6 is 27.3 Å². The van der Waals surface area contributed by atoms with Gasteiger partial charge in [-0.3, -0.25) is 4.79 Å². The molecule has 0 radical (unpaired) electrons. The average Bonchev–Trinajstić information content (AvgIpc) is 2.89. The third-order valence-corrected chi connectivity index (χ3v) is 3.98. The number of carbonyl (C=O) groups is 1. The van der Waals surface area contributed by atoms with E-state index in [0.717, 1.165) is 14.9 Å². The summed E-state index contributed by atoms with van der Waals surface area (Å²) in [5.74, 6) is -0.0825. The maximum absolute atomic E-state index is 11.8. The van der Waals surface area contributed by atoms with Crippen molar-refractivity contribution in [2.45, 2.75) is 13.0 Å². The Bertz CT molecular complexity index is 578. The normalized spacial score (nSPS) is 12.5. The smallest absolute Gasteiger partial charge is 0.244 e. The van der Waals surface area contributed by atoms with E-state index in [2.05, 4.69) is 21.2 Å². The zero-order valence-electron chi connectivity index (χ0n) is 10.5. The molecule has 0 fully saturated rings. The van der Waals surface area contributed by atoms with Crippen LogP contribution in [0.5, 0.6) is 0 Å². The van der Waals surface area contributed by atoms with Crippen molar-refractivity contribution in [1.82, 2.24) is 5.32 Å². The lowest BCUT2D eigenvalue weighted by molar-refractivity contribution is -0.117. The van der Waals surface area contributed by atoms with Gasteiger partial charge in [-0.15, -0.1) is 11.3 Å². The first-order chi connectivity index (χ1) is 9.15. The summed E-state index contributed by atoms with van der Waals surface area (Å²) in [6.45, 7) is 1.97. The highest BCUT2D eigenvalue weighted by molar-refractivity contribution is 9.10. The van der Waals surface area contributed by atoms with Crippen LogP contribution in [0.4, 0.5) is 0 Å². The molecule has 2 aromatic rings. The van der Waals surface area contributed by atoms with E-state index in [9.17, 15) is 4.79 Å². The van der Waals surface area contributed by atoms with E-state index >= 15 is 0 Å². The minimum absolute atomic E-state index is 0.0158.